The Morgan fingerprint density at radius 1 is 0.950 bits per heavy atom. The number of amides is 2. The fourth-order valence-corrected chi connectivity index (χ4v) is 5.73. The number of nitrogens with one attached hydrogen (secondary N) is 1. The number of benzene rings is 3. The number of hydrogen-bond donors (Lipinski definition) is 1. The average molecular weight is 607 g/mol. The van der Waals surface area contributed by atoms with E-state index in [1.807, 2.05) is 20.8 Å². The molecule has 3 aromatic carbocycles. The summed E-state index contributed by atoms with van der Waals surface area (Å²) in [7, 11) is -2.76. The number of nitrogens with zero attached hydrogens (tertiary/aromatic N) is 2. The van der Waals surface area contributed by atoms with Gasteiger partial charge in [0.25, 0.3) is 10.0 Å². The summed E-state index contributed by atoms with van der Waals surface area (Å²) in [5.41, 5.74) is 1.78. The van der Waals surface area contributed by atoms with Crippen molar-refractivity contribution in [3.63, 3.8) is 0 Å². The quantitative estimate of drug-likeness (QED) is 0.313. The third-order valence-corrected chi connectivity index (χ3v) is 8.51. The van der Waals surface area contributed by atoms with E-state index in [-0.39, 0.29) is 34.1 Å². The van der Waals surface area contributed by atoms with Crippen LogP contribution in [-0.2, 0) is 26.2 Å². The number of rotatable bonds is 11. The van der Waals surface area contributed by atoms with Crippen molar-refractivity contribution in [1.82, 2.24) is 10.2 Å². The molecular formula is C29H33Cl2N3O5S. The van der Waals surface area contributed by atoms with Crippen LogP contribution in [-0.4, -0.2) is 50.9 Å². The Morgan fingerprint density at radius 2 is 1.57 bits per heavy atom. The Bertz CT molecular complexity index is 1450. The van der Waals surface area contributed by atoms with Crippen molar-refractivity contribution >= 4 is 50.7 Å². The fourth-order valence-electron chi connectivity index (χ4n) is 3.95. The summed E-state index contributed by atoms with van der Waals surface area (Å²) in [6.07, 6.45) is 0. The molecule has 0 unspecified atom stereocenters. The van der Waals surface area contributed by atoms with Crippen LogP contribution >= 0.6 is 23.2 Å². The highest BCUT2D eigenvalue weighted by molar-refractivity contribution is 7.92. The van der Waals surface area contributed by atoms with Gasteiger partial charge in [-0.15, -0.1) is 0 Å². The summed E-state index contributed by atoms with van der Waals surface area (Å²) in [6.45, 7) is 6.57. The lowest BCUT2D eigenvalue weighted by molar-refractivity contribution is -0.139. The van der Waals surface area contributed by atoms with E-state index in [0.717, 1.165) is 15.4 Å². The molecule has 0 saturated carbocycles. The predicted octanol–water partition coefficient (Wildman–Crippen LogP) is 5.45. The summed E-state index contributed by atoms with van der Waals surface area (Å²) in [6, 6.07) is 16.6. The van der Waals surface area contributed by atoms with Crippen LogP contribution in [0.25, 0.3) is 0 Å². The van der Waals surface area contributed by atoms with Gasteiger partial charge < -0.3 is 15.0 Å². The molecule has 3 rings (SSSR count). The first-order valence-corrected chi connectivity index (χ1v) is 14.8. The Balaban J connectivity index is 2.06. The Morgan fingerprint density at radius 3 is 2.12 bits per heavy atom. The number of halogens is 2. The molecule has 1 N–H and O–H groups in total. The zero-order chi connectivity index (χ0) is 29.6. The first-order chi connectivity index (χ1) is 18.8. The number of carbonyl (C=O) groups excluding carboxylic acids is 2. The largest absolute Gasteiger partial charge is 0.495 e. The van der Waals surface area contributed by atoms with Gasteiger partial charge in [0.2, 0.25) is 11.8 Å². The van der Waals surface area contributed by atoms with Crippen molar-refractivity contribution < 1.29 is 22.7 Å². The van der Waals surface area contributed by atoms with Crippen molar-refractivity contribution in [2.45, 2.75) is 51.2 Å². The van der Waals surface area contributed by atoms with E-state index < -0.39 is 28.5 Å². The molecule has 0 radical (unpaired) electrons. The van der Waals surface area contributed by atoms with Gasteiger partial charge in [-0.25, -0.2) is 8.42 Å². The molecule has 0 fully saturated rings. The SMILES string of the molecule is COc1ccc(N(CC(=O)N(Cc2ccc(Cl)cc2)[C@H](C)C(=O)NC(C)C)S(=O)(=O)c2ccc(C)cc2)cc1Cl. The number of anilines is 1. The predicted molar refractivity (Wildman–Crippen MR) is 158 cm³/mol. The lowest BCUT2D eigenvalue weighted by Gasteiger charge is -2.32. The molecule has 3 aromatic rings. The van der Waals surface area contributed by atoms with Crippen LogP contribution in [0.2, 0.25) is 10.0 Å². The lowest BCUT2D eigenvalue weighted by Crippen LogP contribution is -2.52. The van der Waals surface area contributed by atoms with Crippen LogP contribution in [0, 0.1) is 6.92 Å². The maximum absolute atomic E-state index is 13.9. The smallest absolute Gasteiger partial charge is 0.264 e. The van der Waals surface area contributed by atoms with Gasteiger partial charge in [0.15, 0.2) is 0 Å². The molecule has 0 aromatic heterocycles. The molecular weight excluding hydrogens is 573 g/mol. The van der Waals surface area contributed by atoms with Gasteiger partial charge in [0, 0.05) is 17.6 Å². The van der Waals surface area contributed by atoms with Gasteiger partial charge in [0.05, 0.1) is 22.7 Å². The number of hydrogen-bond acceptors (Lipinski definition) is 5. The van der Waals surface area contributed by atoms with Gasteiger partial charge >= 0.3 is 0 Å². The van der Waals surface area contributed by atoms with Crippen LogP contribution in [0.15, 0.2) is 71.6 Å². The minimum Gasteiger partial charge on any atom is -0.495 e. The zero-order valence-corrected chi connectivity index (χ0v) is 25.3. The number of sulfonamides is 1. The lowest BCUT2D eigenvalue weighted by atomic mass is 10.1. The molecule has 0 aliphatic carbocycles. The van der Waals surface area contributed by atoms with Crippen LogP contribution in [0.3, 0.4) is 0 Å². The van der Waals surface area contributed by atoms with E-state index in [9.17, 15) is 18.0 Å². The van der Waals surface area contributed by atoms with Gasteiger partial charge in [-0.3, -0.25) is 13.9 Å². The maximum atomic E-state index is 13.9. The summed E-state index contributed by atoms with van der Waals surface area (Å²) >= 11 is 12.4. The van der Waals surface area contributed by atoms with E-state index in [0.29, 0.717) is 10.8 Å². The second-order valence-corrected chi connectivity index (χ2v) is 12.3. The minimum absolute atomic E-state index is 0.00712. The first-order valence-electron chi connectivity index (χ1n) is 12.6. The van der Waals surface area contributed by atoms with Crippen molar-refractivity contribution in [3.05, 3.63) is 87.9 Å². The number of methoxy groups -OCH3 is 1. The number of carbonyl (C=O) groups is 2. The van der Waals surface area contributed by atoms with E-state index in [1.54, 1.807) is 43.3 Å². The zero-order valence-electron chi connectivity index (χ0n) is 23.0. The standard InChI is InChI=1S/C29H33Cl2N3O5S/c1-19(2)32-29(36)21(4)33(17-22-8-10-23(30)11-9-22)28(35)18-34(24-12-15-27(39-5)26(31)16-24)40(37,38)25-13-6-20(3)7-14-25/h6-16,19,21H,17-18H2,1-5H3,(H,32,36)/t21-/m1/s1. The third-order valence-electron chi connectivity index (χ3n) is 6.18. The average Bonchev–Trinajstić information content (AvgIpc) is 2.90. The van der Waals surface area contributed by atoms with E-state index in [2.05, 4.69) is 5.32 Å². The van der Waals surface area contributed by atoms with Crippen molar-refractivity contribution in [2.24, 2.45) is 0 Å². The van der Waals surface area contributed by atoms with Crippen LogP contribution in [0.4, 0.5) is 5.69 Å². The van der Waals surface area contributed by atoms with Gasteiger partial charge in [0.1, 0.15) is 18.3 Å². The van der Waals surface area contributed by atoms with Crippen LogP contribution < -0.4 is 14.4 Å². The van der Waals surface area contributed by atoms with E-state index in [4.69, 9.17) is 27.9 Å². The highest BCUT2D eigenvalue weighted by Crippen LogP contribution is 2.32. The van der Waals surface area contributed by atoms with Gasteiger partial charge in [-0.2, -0.15) is 0 Å². The van der Waals surface area contributed by atoms with Gasteiger partial charge in [-0.1, -0.05) is 53.0 Å². The molecule has 0 saturated heterocycles. The van der Waals surface area contributed by atoms with Crippen molar-refractivity contribution in [3.8, 4) is 5.75 Å². The minimum atomic E-state index is -4.21. The molecule has 40 heavy (non-hydrogen) atoms. The topological polar surface area (TPSA) is 96.0 Å². The Hall–Kier alpha value is -3.27. The molecule has 1 atom stereocenters. The highest BCUT2D eigenvalue weighted by Gasteiger charge is 2.33. The molecule has 11 heteroatoms. The monoisotopic (exact) mass is 605 g/mol. The van der Waals surface area contributed by atoms with Crippen molar-refractivity contribution in [2.75, 3.05) is 18.0 Å². The molecule has 2 amide bonds. The normalized spacial score (nSPS) is 12.1. The second-order valence-electron chi connectivity index (χ2n) is 9.63. The fraction of sp³-hybridized carbons (Fsp3) is 0.310. The molecule has 0 aliphatic rings. The van der Waals surface area contributed by atoms with E-state index >= 15 is 0 Å². The summed E-state index contributed by atoms with van der Waals surface area (Å²) in [5, 5.41) is 3.53. The second kappa shape index (κ2) is 13.4. The summed E-state index contributed by atoms with van der Waals surface area (Å²) < 4.78 is 34.0. The molecule has 0 heterocycles. The van der Waals surface area contributed by atoms with Gasteiger partial charge in [-0.05, 0) is 75.7 Å². The van der Waals surface area contributed by atoms with Crippen molar-refractivity contribution in [1.29, 1.82) is 0 Å². The van der Waals surface area contributed by atoms with Crippen LogP contribution in [0.1, 0.15) is 31.9 Å². The first kappa shape index (κ1) is 31.3. The molecule has 214 valence electrons. The molecule has 0 spiro atoms. The number of aryl methyl sites for hydroxylation is 1. The maximum Gasteiger partial charge on any atom is 0.264 e. The third kappa shape index (κ3) is 7.68. The number of ether oxygens (including phenoxy) is 1. The Labute approximate surface area is 245 Å². The summed E-state index contributed by atoms with van der Waals surface area (Å²) in [4.78, 5) is 28.3. The highest BCUT2D eigenvalue weighted by atomic mass is 35.5. The molecule has 0 bridgehead atoms. The van der Waals surface area contributed by atoms with Crippen LogP contribution in [0.5, 0.6) is 5.75 Å². The Kier molecular flexibility index (Phi) is 10.5. The summed E-state index contributed by atoms with van der Waals surface area (Å²) in [5.74, 6) is -0.588. The van der Waals surface area contributed by atoms with E-state index in [1.165, 1.54) is 42.3 Å². The molecule has 8 nitrogen and oxygen atoms in total. The molecule has 0 aliphatic heterocycles.